The van der Waals surface area contributed by atoms with E-state index in [0.29, 0.717) is 13.0 Å². The molecule has 0 aromatic carbocycles. The minimum atomic E-state index is -0.850. The number of rotatable bonds is 5. The number of nitrogens with one attached hydrogen (secondary N) is 1. The Labute approximate surface area is 107 Å². The van der Waals surface area contributed by atoms with Gasteiger partial charge in [0, 0.05) is 13.0 Å². The summed E-state index contributed by atoms with van der Waals surface area (Å²) in [5.74, 6) is -0.850. The zero-order valence-electron chi connectivity index (χ0n) is 10.6. The molecule has 0 saturated carbocycles. The third-order valence-electron chi connectivity index (χ3n) is 2.83. The van der Waals surface area contributed by atoms with Crippen LogP contribution < -0.4 is 5.32 Å². The molecule has 1 atom stereocenters. The van der Waals surface area contributed by atoms with Gasteiger partial charge in [0.2, 0.25) is 0 Å². The van der Waals surface area contributed by atoms with Gasteiger partial charge in [-0.05, 0) is 38.5 Å². The van der Waals surface area contributed by atoms with Gasteiger partial charge in [0.05, 0.1) is 0 Å². The van der Waals surface area contributed by atoms with Gasteiger partial charge in [-0.15, -0.1) is 0 Å². The second-order valence-electron chi connectivity index (χ2n) is 4.43. The Kier molecular flexibility index (Phi) is 6.91. The molecule has 0 aromatic heterocycles. The maximum absolute atomic E-state index is 11.5. The third kappa shape index (κ3) is 6.93. The highest BCUT2D eigenvalue weighted by atomic mass is 16.6. The molecule has 1 amide bonds. The van der Waals surface area contributed by atoms with Crippen molar-refractivity contribution >= 4 is 12.1 Å². The van der Waals surface area contributed by atoms with E-state index < -0.39 is 12.1 Å². The van der Waals surface area contributed by atoms with Gasteiger partial charge in [-0.2, -0.15) is 0 Å². The number of carboxylic acids is 1. The summed E-state index contributed by atoms with van der Waals surface area (Å²) in [6.45, 7) is 0.345. The molecule has 0 aliphatic heterocycles. The van der Waals surface area contributed by atoms with Gasteiger partial charge in [0.1, 0.15) is 6.10 Å². The molecule has 0 saturated heterocycles. The molecule has 0 aromatic rings. The van der Waals surface area contributed by atoms with Crippen LogP contribution in [-0.4, -0.2) is 29.8 Å². The summed E-state index contributed by atoms with van der Waals surface area (Å²) in [5, 5.41) is 11.0. The van der Waals surface area contributed by atoms with Crippen molar-refractivity contribution in [1.29, 1.82) is 0 Å². The number of carbonyl (C=O) groups excluding carboxylic acids is 1. The number of carbonyl (C=O) groups is 2. The number of alkyl carbamates (subject to hydrolysis) is 1. The fraction of sp³-hybridized carbons (Fsp3) is 0.692. The largest absolute Gasteiger partial charge is 0.481 e. The molecule has 1 aliphatic rings. The van der Waals surface area contributed by atoms with Crippen LogP contribution >= 0.6 is 0 Å². The SMILES string of the molecule is O=C(O)CCCNC(=O)OC1CC/C=C\CCC1. The summed E-state index contributed by atoms with van der Waals surface area (Å²) in [6.07, 6.45) is 9.11. The number of allylic oxidation sites excluding steroid dienone is 2. The molecule has 0 heterocycles. The summed E-state index contributed by atoms with van der Waals surface area (Å²) in [7, 11) is 0. The fourth-order valence-electron chi connectivity index (χ4n) is 1.87. The van der Waals surface area contributed by atoms with Crippen LogP contribution in [-0.2, 0) is 9.53 Å². The molecule has 1 rings (SSSR count). The topological polar surface area (TPSA) is 75.6 Å². The third-order valence-corrected chi connectivity index (χ3v) is 2.83. The molecule has 5 nitrogen and oxygen atoms in total. The van der Waals surface area contributed by atoms with Gasteiger partial charge in [0.25, 0.3) is 0 Å². The van der Waals surface area contributed by atoms with E-state index >= 15 is 0 Å². The summed E-state index contributed by atoms with van der Waals surface area (Å²) in [6, 6.07) is 0. The van der Waals surface area contributed by atoms with Crippen LogP contribution in [0.15, 0.2) is 12.2 Å². The molecular formula is C13H21NO4. The van der Waals surface area contributed by atoms with Gasteiger partial charge >= 0.3 is 12.1 Å². The lowest BCUT2D eigenvalue weighted by Gasteiger charge is -2.18. The minimum Gasteiger partial charge on any atom is -0.481 e. The number of carboxylic acid groups (broad SMARTS) is 1. The van der Waals surface area contributed by atoms with Crippen LogP contribution in [0.2, 0.25) is 0 Å². The number of aliphatic carboxylic acids is 1. The normalized spacial score (nSPS) is 21.4. The van der Waals surface area contributed by atoms with Crippen molar-refractivity contribution in [2.75, 3.05) is 6.54 Å². The molecule has 102 valence electrons. The van der Waals surface area contributed by atoms with Gasteiger partial charge in [-0.3, -0.25) is 4.79 Å². The zero-order chi connectivity index (χ0) is 13.2. The van der Waals surface area contributed by atoms with Crippen LogP contribution in [0.5, 0.6) is 0 Å². The lowest BCUT2D eigenvalue weighted by Crippen LogP contribution is -2.30. The van der Waals surface area contributed by atoms with E-state index in [9.17, 15) is 9.59 Å². The average Bonchev–Trinajstić information content (AvgIpc) is 2.28. The minimum absolute atomic E-state index is 0.0191. The van der Waals surface area contributed by atoms with Gasteiger partial charge in [0.15, 0.2) is 0 Å². The van der Waals surface area contributed by atoms with E-state index in [4.69, 9.17) is 9.84 Å². The summed E-state index contributed by atoms with van der Waals surface area (Å²) >= 11 is 0. The Bertz CT molecular complexity index is 301. The van der Waals surface area contributed by atoms with Crippen LogP contribution in [0.1, 0.15) is 44.9 Å². The summed E-state index contributed by atoms with van der Waals surface area (Å²) in [4.78, 5) is 21.7. The van der Waals surface area contributed by atoms with E-state index in [1.807, 2.05) is 0 Å². The molecule has 0 radical (unpaired) electrons. The standard InChI is InChI=1S/C13H21NO4/c15-12(16)9-6-10-14-13(17)18-11-7-4-2-1-3-5-8-11/h1-2,11H,3-10H2,(H,14,17)(H,15,16)/b2-1-. The van der Waals surface area contributed by atoms with Crippen molar-refractivity contribution in [3.8, 4) is 0 Å². The smallest absolute Gasteiger partial charge is 0.407 e. The molecule has 1 aliphatic carbocycles. The Morgan fingerprint density at radius 3 is 2.83 bits per heavy atom. The molecule has 0 spiro atoms. The van der Waals surface area contributed by atoms with Crippen molar-refractivity contribution in [1.82, 2.24) is 5.32 Å². The van der Waals surface area contributed by atoms with E-state index in [0.717, 1.165) is 32.1 Å². The highest BCUT2D eigenvalue weighted by Crippen LogP contribution is 2.15. The Morgan fingerprint density at radius 1 is 1.28 bits per heavy atom. The van der Waals surface area contributed by atoms with E-state index in [-0.39, 0.29) is 12.5 Å². The molecule has 0 fully saturated rings. The Hall–Kier alpha value is -1.52. The van der Waals surface area contributed by atoms with E-state index in [1.54, 1.807) is 0 Å². The maximum Gasteiger partial charge on any atom is 0.407 e. The first-order valence-electron chi connectivity index (χ1n) is 6.50. The van der Waals surface area contributed by atoms with E-state index in [1.165, 1.54) is 0 Å². The molecule has 5 heteroatoms. The molecular weight excluding hydrogens is 234 g/mol. The first-order valence-corrected chi connectivity index (χ1v) is 6.50. The highest BCUT2D eigenvalue weighted by Gasteiger charge is 2.14. The monoisotopic (exact) mass is 255 g/mol. The lowest BCUT2D eigenvalue weighted by molar-refractivity contribution is -0.137. The second-order valence-corrected chi connectivity index (χ2v) is 4.43. The Balaban J connectivity index is 2.14. The first kappa shape index (κ1) is 14.5. The van der Waals surface area contributed by atoms with Crippen LogP contribution in [0, 0.1) is 0 Å². The van der Waals surface area contributed by atoms with E-state index in [2.05, 4.69) is 17.5 Å². The van der Waals surface area contributed by atoms with Crippen LogP contribution in [0.4, 0.5) is 4.79 Å². The van der Waals surface area contributed by atoms with Crippen molar-refractivity contribution in [2.45, 2.75) is 51.0 Å². The average molecular weight is 255 g/mol. The Morgan fingerprint density at radius 2 is 2.06 bits per heavy atom. The van der Waals surface area contributed by atoms with Crippen molar-refractivity contribution in [3.63, 3.8) is 0 Å². The molecule has 0 bridgehead atoms. The predicted octanol–water partition coefficient (Wildman–Crippen LogP) is 2.47. The van der Waals surface area contributed by atoms with Crippen molar-refractivity contribution in [3.05, 3.63) is 12.2 Å². The highest BCUT2D eigenvalue weighted by molar-refractivity contribution is 5.68. The molecule has 2 N–H and O–H groups in total. The number of hydrogen-bond donors (Lipinski definition) is 2. The number of ether oxygens (including phenoxy) is 1. The maximum atomic E-state index is 11.5. The summed E-state index contributed by atoms with van der Waals surface area (Å²) in [5.41, 5.74) is 0. The van der Waals surface area contributed by atoms with Crippen molar-refractivity contribution < 1.29 is 19.4 Å². The van der Waals surface area contributed by atoms with Crippen LogP contribution in [0.25, 0.3) is 0 Å². The summed E-state index contributed by atoms with van der Waals surface area (Å²) < 4.78 is 5.30. The van der Waals surface area contributed by atoms with Gasteiger partial charge in [-0.1, -0.05) is 12.2 Å². The number of hydrogen-bond acceptors (Lipinski definition) is 3. The van der Waals surface area contributed by atoms with Crippen molar-refractivity contribution in [2.24, 2.45) is 0 Å². The first-order chi connectivity index (χ1) is 8.68. The van der Waals surface area contributed by atoms with Gasteiger partial charge < -0.3 is 15.2 Å². The quantitative estimate of drug-likeness (QED) is 0.584. The molecule has 1 unspecified atom stereocenters. The number of amides is 1. The molecule has 18 heavy (non-hydrogen) atoms. The fourth-order valence-corrected chi connectivity index (χ4v) is 1.87. The second kappa shape index (κ2) is 8.55. The zero-order valence-corrected chi connectivity index (χ0v) is 10.6. The van der Waals surface area contributed by atoms with Crippen LogP contribution in [0.3, 0.4) is 0 Å². The van der Waals surface area contributed by atoms with Gasteiger partial charge in [-0.25, -0.2) is 4.79 Å². The predicted molar refractivity (Wildman–Crippen MR) is 67.4 cm³/mol. The lowest BCUT2D eigenvalue weighted by atomic mass is 10.0.